The highest BCUT2D eigenvalue weighted by molar-refractivity contribution is 5.76. The second-order valence-electron chi connectivity index (χ2n) is 6.16. The lowest BCUT2D eigenvalue weighted by molar-refractivity contribution is 0.186. The van der Waals surface area contributed by atoms with Gasteiger partial charge in [-0.1, -0.05) is 5.16 Å². The van der Waals surface area contributed by atoms with Gasteiger partial charge in [0.05, 0.1) is 5.56 Å². The number of aryl methyl sites for hydroxylation is 1. The molecule has 0 bridgehead atoms. The number of aromatic nitrogens is 3. The van der Waals surface area contributed by atoms with E-state index in [1.54, 1.807) is 13.1 Å². The molecule has 0 unspecified atom stereocenters. The largest absolute Gasteiger partial charge is 0.356 e. The van der Waals surface area contributed by atoms with Crippen molar-refractivity contribution in [2.24, 2.45) is 0 Å². The van der Waals surface area contributed by atoms with Gasteiger partial charge in [0.1, 0.15) is 5.82 Å². The van der Waals surface area contributed by atoms with Crippen LogP contribution in [0, 0.1) is 6.92 Å². The van der Waals surface area contributed by atoms with Crippen molar-refractivity contribution >= 4 is 11.8 Å². The lowest BCUT2D eigenvalue weighted by atomic mass is 10.0. The SMILES string of the molecule is Cc1noc(-c2cccnc2N2CCC(N3CCNC3=O)CC2)n1. The summed E-state index contributed by atoms with van der Waals surface area (Å²) in [4.78, 5) is 24.9. The summed E-state index contributed by atoms with van der Waals surface area (Å²) in [6, 6.07) is 4.20. The molecule has 8 nitrogen and oxygen atoms in total. The number of hydrogen-bond donors (Lipinski definition) is 1. The summed E-state index contributed by atoms with van der Waals surface area (Å²) in [5.74, 6) is 1.97. The van der Waals surface area contributed by atoms with Crippen LogP contribution in [0.5, 0.6) is 0 Å². The van der Waals surface area contributed by atoms with E-state index in [0.717, 1.165) is 50.4 Å². The fourth-order valence-corrected chi connectivity index (χ4v) is 3.45. The molecular formula is C16H20N6O2. The molecule has 2 amide bonds. The maximum atomic E-state index is 11.8. The summed E-state index contributed by atoms with van der Waals surface area (Å²) in [7, 11) is 0. The summed E-state index contributed by atoms with van der Waals surface area (Å²) in [6.45, 7) is 5.06. The van der Waals surface area contributed by atoms with Crippen molar-refractivity contribution in [1.29, 1.82) is 0 Å². The topological polar surface area (TPSA) is 87.4 Å². The van der Waals surface area contributed by atoms with Crippen molar-refractivity contribution in [3.05, 3.63) is 24.2 Å². The van der Waals surface area contributed by atoms with Crippen molar-refractivity contribution in [3.63, 3.8) is 0 Å². The molecule has 2 aromatic heterocycles. The van der Waals surface area contributed by atoms with E-state index in [9.17, 15) is 4.79 Å². The maximum Gasteiger partial charge on any atom is 0.317 e. The van der Waals surface area contributed by atoms with Crippen LogP contribution in [0.1, 0.15) is 18.7 Å². The number of nitrogens with one attached hydrogen (secondary N) is 1. The van der Waals surface area contributed by atoms with E-state index in [2.05, 4.69) is 25.3 Å². The van der Waals surface area contributed by atoms with Gasteiger partial charge in [-0.2, -0.15) is 4.98 Å². The van der Waals surface area contributed by atoms with Crippen molar-refractivity contribution < 1.29 is 9.32 Å². The van der Waals surface area contributed by atoms with Crippen LogP contribution in [0.25, 0.3) is 11.5 Å². The summed E-state index contributed by atoms with van der Waals surface area (Å²) < 4.78 is 5.31. The number of anilines is 1. The van der Waals surface area contributed by atoms with Gasteiger partial charge >= 0.3 is 6.03 Å². The minimum absolute atomic E-state index is 0.0633. The minimum atomic E-state index is 0.0633. The fourth-order valence-electron chi connectivity index (χ4n) is 3.45. The van der Waals surface area contributed by atoms with Crippen molar-refractivity contribution in [2.75, 3.05) is 31.1 Å². The molecule has 0 aliphatic carbocycles. The van der Waals surface area contributed by atoms with Crippen LogP contribution in [0.15, 0.2) is 22.9 Å². The van der Waals surface area contributed by atoms with Crippen LogP contribution in [0.3, 0.4) is 0 Å². The zero-order valence-electron chi connectivity index (χ0n) is 13.6. The molecule has 2 aliphatic heterocycles. The maximum absolute atomic E-state index is 11.8. The summed E-state index contributed by atoms with van der Waals surface area (Å²) in [5.41, 5.74) is 0.857. The third-order valence-corrected chi connectivity index (χ3v) is 4.64. The Morgan fingerprint density at radius 3 is 2.79 bits per heavy atom. The van der Waals surface area contributed by atoms with E-state index < -0.39 is 0 Å². The molecule has 0 saturated carbocycles. The Labute approximate surface area is 139 Å². The molecule has 2 aliphatic rings. The third kappa shape index (κ3) is 2.68. The van der Waals surface area contributed by atoms with E-state index >= 15 is 0 Å². The van der Waals surface area contributed by atoms with E-state index in [4.69, 9.17) is 4.52 Å². The Bertz CT molecular complexity index is 738. The van der Waals surface area contributed by atoms with Crippen LogP contribution in [0.2, 0.25) is 0 Å². The normalized spacial score (nSPS) is 19.0. The predicted molar refractivity (Wildman–Crippen MR) is 87.6 cm³/mol. The van der Waals surface area contributed by atoms with Gasteiger partial charge in [-0.15, -0.1) is 0 Å². The number of urea groups is 1. The van der Waals surface area contributed by atoms with Gasteiger partial charge in [-0.05, 0) is 31.9 Å². The number of hydrogen-bond acceptors (Lipinski definition) is 6. The van der Waals surface area contributed by atoms with E-state index in [-0.39, 0.29) is 6.03 Å². The van der Waals surface area contributed by atoms with Crippen LogP contribution >= 0.6 is 0 Å². The zero-order valence-corrected chi connectivity index (χ0v) is 13.6. The molecule has 24 heavy (non-hydrogen) atoms. The summed E-state index contributed by atoms with van der Waals surface area (Å²) in [5, 5.41) is 6.74. The molecule has 1 N–H and O–H groups in total. The van der Waals surface area contributed by atoms with Gasteiger partial charge < -0.3 is 19.6 Å². The molecule has 0 atom stereocenters. The van der Waals surface area contributed by atoms with E-state index in [1.165, 1.54) is 0 Å². The van der Waals surface area contributed by atoms with Gasteiger partial charge in [0.2, 0.25) is 0 Å². The average molecular weight is 328 g/mol. The lowest BCUT2D eigenvalue weighted by Gasteiger charge is -2.37. The van der Waals surface area contributed by atoms with Gasteiger partial charge in [0.25, 0.3) is 5.89 Å². The van der Waals surface area contributed by atoms with Gasteiger partial charge in [0.15, 0.2) is 5.82 Å². The Hall–Kier alpha value is -2.64. The number of pyridine rings is 1. The van der Waals surface area contributed by atoms with Crippen molar-refractivity contribution in [3.8, 4) is 11.5 Å². The standard InChI is InChI=1S/C16H20N6O2/c1-11-19-15(24-20-11)13-3-2-6-17-14(13)21-8-4-12(5-9-21)22-10-7-18-16(22)23/h2-3,6,12H,4-5,7-10H2,1H3,(H,18,23). The average Bonchev–Trinajstić information content (AvgIpc) is 3.23. The highest BCUT2D eigenvalue weighted by Crippen LogP contribution is 2.30. The molecule has 8 heteroatoms. The fraction of sp³-hybridized carbons (Fsp3) is 0.500. The third-order valence-electron chi connectivity index (χ3n) is 4.64. The first-order chi connectivity index (χ1) is 11.7. The van der Waals surface area contributed by atoms with E-state index in [1.807, 2.05) is 17.0 Å². The first-order valence-corrected chi connectivity index (χ1v) is 8.27. The monoisotopic (exact) mass is 328 g/mol. The minimum Gasteiger partial charge on any atom is -0.356 e. The number of rotatable bonds is 3. The highest BCUT2D eigenvalue weighted by Gasteiger charge is 2.31. The molecule has 2 aromatic rings. The molecular weight excluding hydrogens is 308 g/mol. The first-order valence-electron chi connectivity index (χ1n) is 8.27. The Morgan fingerprint density at radius 1 is 1.29 bits per heavy atom. The Balaban J connectivity index is 1.51. The van der Waals surface area contributed by atoms with Crippen molar-refractivity contribution in [1.82, 2.24) is 25.3 Å². The van der Waals surface area contributed by atoms with Gasteiger partial charge in [0, 0.05) is 38.4 Å². The van der Waals surface area contributed by atoms with Crippen molar-refractivity contribution in [2.45, 2.75) is 25.8 Å². The molecule has 2 fully saturated rings. The van der Waals surface area contributed by atoms with Gasteiger partial charge in [-0.3, -0.25) is 0 Å². The zero-order chi connectivity index (χ0) is 16.5. The molecule has 0 radical (unpaired) electrons. The quantitative estimate of drug-likeness (QED) is 0.917. The summed E-state index contributed by atoms with van der Waals surface area (Å²) >= 11 is 0. The number of nitrogens with zero attached hydrogens (tertiary/aromatic N) is 5. The second-order valence-corrected chi connectivity index (χ2v) is 6.16. The highest BCUT2D eigenvalue weighted by atomic mass is 16.5. The van der Waals surface area contributed by atoms with E-state index in [0.29, 0.717) is 17.8 Å². The molecule has 4 heterocycles. The second kappa shape index (κ2) is 6.10. The molecule has 0 aromatic carbocycles. The van der Waals surface area contributed by atoms with Crippen LogP contribution < -0.4 is 10.2 Å². The molecule has 126 valence electrons. The van der Waals surface area contributed by atoms with Gasteiger partial charge in [-0.25, -0.2) is 9.78 Å². The van der Waals surface area contributed by atoms with Crippen LogP contribution in [-0.2, 0) is 0 Å². The molecule has 4 rings (SSSR count). The lowest BCUT2D eigenvalue weighted by Crippen LogP contribution is -2.46. The number of carbonyl (C=O) groups excluding carboxylic acids is 1. The molecule has 0 spiro atoms. The Morgan fingerprint density at radius 2 is 2.12 bits per heavy atom. The Kier molecular flexibility index (Phi) is 3.79. The molecule has 2 saturated heterocycles. The smallest absolute Gasteiger partial charge is 0.317 e. The number of piperidine rings is 1. The first kappa shape index (κ1) is 14.9. The number of amides is 2. The van der Waals surface area contributed by atoms with Crippen LogP contribution in [0.4, 0.5) is 10.6 Å². The summed E-state index contributed by atoms with van der Waals surface area (Å²) in [6.07, 6.45) is 3.65. The predicted octanol–water partition coefficient (Wildman–Crippen LogP) is 1.43. The number of carbonyl (C=O) groups is 1. The van der Waals surface area contributed by atoms with Crippen LogP contribution in [-0.4, -0.2) is 58.3 Å².